The SMILES string of the molecule is Cc1cccc(C)c1NC(=O)CN1CCN(C(=O)COC(=O)c2cn[nH]c2C(C)C)CC1. The number of benzene rings is 1. The van der Waals surface area contributed by atoms with Crippen molar-refractivity contribution in [2.24, 2.45) is 0 Å². The summed E-state index contributed by atoms with van der Waals surface area (Å²) < 4.78 is 5.20. The number of nitrogens with one attached hydrogen (secondary N) is 2. The van der Waals surface area contributed by atoms with Crippen LogP contribution in [-0.4, -0.2) is 77.1 Å². The maximum atomic E-state index is 12.5. The van der Waals surface area contributed by atoms with Gasteiger partial charge in [0, 0.05) is 31.9 Å². The largest absolute Gasteiger partial charge is 0.452 e. The van der Waals surface area contributed by atoms with Gasteiger partial charge in [-0.2, -0.15) is 5.10 Å². The standard InChI is InChI=1S/C23H31N5O4/c1-15(2)21-18(12-24-26-21)23(31)32-14-20(30)28-10-8-27(9-11-28)13-19(29)25-22-16(3)6-5-7-17(22)4/h5-7,12,15H,8-11,13-14H2,1-4H3,(H,24,26)(H,25,29). The molecule has 1 aliphatic rings. The molecule has 0 bridgehead atoms. The van der Waals surface area contributed by atoms with Crippen LogP contribution in [0.1, 0.15) is 46.9 Å². The van der Waals surface area contributed by atoms with Gasteiger partial charge in [-0.1, -0.05) is 32.0 Å². The van der Waals surface area contributed by atoms with Gasteiger partial charge < -0.3 is 15.0 Å². The fraction of sp³-hybridized carbons (Fsp3) is 0.478. The number of amides is 2. The first-order valence-electron chi connectivity index (χ1n) is 10.8. The number of aromatic amines is 1. The molecule has 0 atom stereocenters. The van der Waals surface area contributed by atoms with E-state index < -0.39 is 5.97 Å². The monoisotopic (exact) mass is 441 g/mol. The zero-order chi connectivity index (χ0) is 23.3. The van der Waals surface area contributed by atoms with Crippen LogP contribution in [0.4, 0.5) is 5.69 Å². The second kappa shape index (κ2) is 10.4. The van der Waals surface area contributed by atoms with Crippen LogP contribution in [-0.2, 0) is 14.3 Å². The lowest BCUT2D eigenvalue weighted by atomic mass is 10.1. The van der Waals surface area contributed by atoms with Crippen LogP contribution in [0.5, 0.6) is 0 Å². The zero-order valence-corrected chi connectivity index (χ0v) is 19.1. The van der Waals surface area contributed by atoms with Crippen LogP contribution in [0, 0.1) is 13.8 Å². The molecule has 1 aromatic carbocycles. The van der Waals surface area contributed by atoms with E-state index in [4.69, 9.17) is 4.74 Å². The van der Waals surface area contributed by atoms with Gasteiger partial charge in [0.05, 0.1) is 18.4 Å². The molecule has 1 aromatic heterocycles. The van der Waals surface area contributed by atoms with Crippen molar-refractivity contribution >= 4 is 23.5 Å². The first-order chi connectivity index (χ1) is 15.3. The van der Waals surface area contributed by atoms with Gasteiger partial charge in [0.2, 0.25) is 5.91 Å². The highest BCUT2D eigenvalue weighted by molar-refractivity contribution is 5.94. The third kappa shape index (κ3) is 5.73. The van der Waals surface area contributed by atoms with Gasteiger partial charge in [0.15, 0.2) is 6.61 Å². The Balaban J connectivity index is 1.43. The number of piperazine rings is 1. The van der Waals surface area contributed by atoms with E-state index in [-0.39, 0.29) is 30.9 Å². The summed E-state index contributed by atoms with van der Waals surface area (Å²) in [5.41, 5.74) is 3.95. The lowest BCUT2D eigenvalue weighted by Crippen LogP contribution is -2.51. The van der Waals surface area contributed by atoms with Gasteiger partial charge in [-0.05, 0) is 30.9 Å². The highest BCUT2D eigenvalue weighted by Crippen LogP contribution is 2.19. The van der Waals surface area contributed by atoms with E-state index in [1.807, 2.05) is 50.8 Å². The molecule has 0 unspecified atom stereocenters. The minimum atomic E-state index is -0.558. The van der Waals surface area contributed by atoms with E-state index in [1.54, 1.807) is 4.90 Å². The Labute approximate surface area is 188 Å². The number of aryl methyl sites for hydroxylation is 2. The van der Waals surface area contributed by atoms with Crippen molar-refractivity contribution in [2.75, 3.05) is 44.6 Å². The average molecular weight is 442 g/mol. The predicted molar refractivity (Wildman–Crippen MR) is 121 cm³/mol. The van der Waals surface area contributed by atoms with Gasteiger partial charge >= 0.3 is 5.97 Å². The Kier molecular flexibility index (Phi) is 7.63. The molecule has 2 N–H and O–H groups in total. The van der Waals surface area contributed by atoms with Crippen molar-refractivity contribution in [1.29, 1.82) is 0 Å². The van der Waals surface area contributed by atoms with Crippen LogP contribution in [0.15, 0.2) is 24.4 Å². The molecular formula is C23H31N5O4. The molecular weight excluding hydrogens is 410 g/mol. The molecule has 9 nitrogen and oxygen atoms in total. The highest BCUT2D eigenvalue weighted by atomic mass is 16.5. The summed E-state index contributed by atoms with van der Waals surface area (Å²) in [5, 5.41) is 9.68. The molecule has 1 aliphatic heterocycles. The topological polar surface area (TPSA) is 108 Å². The summed E-state index contributed by atoms with van der Waals surface area (Å²) in [5.74, 6) is -0.780. The van der Waals surface area contributed by atoms with Crippen molar-refractivity contribution < 1.29 is 19.1 Å². The highest BCUT2D eigenvalue weighted by Gasteiger charge is 2.24. The lowest BCUT2D eigenvalue weighted by molar-refractivity contribution is -0.136. The molecule has 2 heterocycles. The predicted octanol–water partition coefficient (Wildman–Crippen LogP) is 2.09. The first-order valence-corrected chi connectivity index (χ1v) is 10.8. The van der Waals surface area contributed by atoms with Gasteiger partial charge in [-0.15, -0.1) is 0 Å². The van der Waals surface area contributed by atoms with Gasteiger partial charge in [-0.25, -0.2) is 4.79 Å². The number of aromatic nitrogens is 2. The minimum absolute atomic E-state index is 0.0721. The van der Waals surface area contributed by atoms with Crippen molar-refractivity contribution in [3.05, 3.63) is 46.8 Å². The number of carbonyl (C=O) groups excluding carboxylic acids is 3. The summed E-state index contributed by atoms with van der Waals surface area (Å²) in [4.78, 5) is 40.9. The molecule has 0 saturated carbocycles. The molecule has 0 aliphatic carbocycles. The molecule has 32 heavy (non-hydrogen) atoms. The fourth-order valence-electron chi connectivity index (χ4n) is 3.74. The first kappa shape index (κ1) is 23.5. The van der Waals surface area contributed by atoms with Crippen LogP contribution >= 0.6 is 0 Å². The Morgan fingerprint density at radius 2 is 1.78 bits per heavy atom. The summed E-state index contributed by atoms with van der Waals surface area (Å²) in [7, 11) is 0. The van der Waals surface area contributed by atoms with Crippen molar-refractivity contribution in [3.8, 4) is 0 Å². The molecule has 3 rings (SSSR count). The Morgan fingerprint density at radius 1 is 1.12 bits per heavy atom. The second-order valence-electron chi connectivity index (χ2n) is 8.40. The average Bonchev–Trinajstić information content (AvgIpc) is 3.25. The maximum absolute atomic E-state index is 12.5. The quantitative estimate of drug-likeness (QED) is 0.637. The number of anilines is 1. The van der Waals surface area contributed by atoms with E-state index >= 15 is 0 Å². The molecule has 172 valence electrons. The van der Waals surface area contributed by atoms with Gasteiger partial charge in [0.25, 0.3) is 5.91 Å². The number of H-pyrrole nitrogens is 1. The van der Waals surface area contributed by atoms with Gasteiger partial charge in [0.1, 0.15) is 5.56 Å². The number of rotatable bonds is 7. The third-order valence-corrected chi connectivity index (χ3v) is 5.63. The van der Waals surface area contributed by atoms with E-state index in [0.717, 1.165) is 16.8 Å². The Morgan fingerprint density at radius 3 is 2.41 bits per heavy atom. The fourth-order valence-corrected chi connectivity index (χ4v) is 3.74. The van der Waals surface area contributed by atoms with Crippen LogP contribution in [0.25, 0.3) is 0 Å². The van der Waals surface area contributed by atoms with E-state index in [0.29, 0.717) is 37.4 Å². The molecule has 1 saturated heterocycles. The summed E-state index contributed by atoms with van der Waals surface area (Å²) in [6.45, 7) is 9.91. The van der Waals surface area contributed by atoms with Crippen LogP contribution in [0.3, 0.4) is 0 Å². The maximum Gasteiger partial charge on any atom is 0.342 e. The van der Waals surface area contributed by atoms with Crippen LogP contribution < -0.4 is 5.32 Å². The Bertz CT molecular complexity index is 956. The molecule has 1 fully saturated rings. The number of hydrogen-bond acceptors (Lipinski definition) is 6. The van der Waals surface area contributed by atoms with E-state index in [1.165, 1.54) is 6.20 Å². The molecule has 0 radical (unpaired) electrons. The number of nitrogens with zero attached hydrogens (tertiary/aromatic N) is 3. The second-order valence-corrected chi connectivity index (χ2v) is 8.40. The molecule has 9 heteroatoms. The lowest BCUT2D eigenvalue weighted by Gasteiger charge is -2.34. The Hall–Kier alpha value is -3.20. The summed E-state index contributed by atoms with van der Waals surface area (Å²) in [6, 6.07) is 5.90. The van der Waals surface area contributed by atoms with Crippen molar-refractivity contribution in [1.82, 2.24) is 20.0 Å². The molecule has 2 aromatic rings. The third-order valence-electron chi connectivity index (χ3n) is 5.63. The van der Waals surface area contributed by atoms with Crippen molar-refractivity contribution in [2.45, 2.75) is 33.6 Å². The molecule has 2 amide bonds. The summed E-state index contributed by atoms with van der Waals surface area (Å²) >= 11 is 0. The van der Waals surface area contributed by atoms with Gasteiger partial charge in [-0.3, -0.25) is 19.6 Å². The normalized spacial score (nSPS) is 14.5. The van der Waals surface area contributed by atoms with E-state index in [9.17, 15) is 14.4 Å². The number of carbonyl (C=O) groups is 3. The number of ether oxygens (including phenoxy) is 1. The summed E-state index contributed by atoms with van der Waals surface area (Å²) in [6.07, 6.45) is 1.42. The number of para-hydroxylation sites is 1. The minimum Gasteiger partial charge on any atom is -0.452 e. The van der Waals surface area contributed by atoms with E-state index in [2.05, 4.69) is 15.5 Å². The zero-order valence-electron chi connectivity index (χ0n) is 19.1. The van der Waals surface area contributed by atoms with Crippen molar-refractivity contribution in [3.63, 3.8) is 0 Å². The number of esters is 1. The number of hydrogen-bond donors (Lipinski definition) is 2. The molecule has 0 spiro atoms. The smallest absolute Gasteiger partial charge is 0.342 e. The van der Waals surface area contributed by atoms with Crippen LogP contribution in [0.2, 0.25) is 0 Å².